The molecule has 4 atom stereocenters. The molecule has 1 amide bonds. The minimum absolute atomic E-state index is 0.0345. The zero-order valence-corrected chi connectivity index (χ0v) is 15.8. The molecule has 1 spiro atoms. The Bertz CT molecular complexity index is 812. The van der Waals surface area contributed by atoms with Crippen LogP contribution in [-0.4, -0.2) is 58.7 Å². The van der Waals surface area contributed by atoms with Crippen LogP contribution in [0.25, 0.3) is 0 Å². The number of carbonyl (C=O) groups excluding carboxylic acids is 1. The summed E-state index contributed by atoms with van der Waals surface area (Å²) in [5.74, 6) is 2.47. The van der Waals surface area contributed by atoms with E-state index in [0.29, 0.717) is 24.1 Å². The first kappa shape index (κ1) is 17.7. The van der Waals surface area contributed by atoms with E-state index in [1.54, 1.807) is 6.20 Å². The van der Waals surface area contributed by atoms with Crippen LogP contribution in [0.4, 0.5) is 0 Å². The molecule has 7 nitrogen and oxygen atoms in total. The maximum absolute atomic E-state index is 12.2. The first-order valence-corrected chi connectivity index (χ1v) is 10.0. The quantitative estimate of drug-likeness (QED) is 0.760. The zero-order valence-electron chi connectivity index (χ0n) is 15.8. The number of rotatable bonds is 7. The number of nitrogens with zero attached hydrogens (tertiary/aromatic N) is 2. The van der Waals surface area contributed by atoms with Gasteiger partial charge < -0.3 is 19.8 Å². The number of para-hydroxylation sites is 1. The van der Waals surface area contributed by atoms with Crippen molar-refractivity contribution in [3.63, 3.8) is 0 Å². The zero-order chi connectivity index (χ0) is 19.0. The molecule has 0 aliphatic carbocycles. The van der Waals surface area contributed by atoms with Gasteiger partial charge in [0.25, 0.3) is 5.91 Å². The number of ether oxygens (including phenoxy) is 2. The number of carbonyl (C=O) groups is 1. The van der Waals surface area contributed by atoms with Gasteiger partial charge in [0.2, 0.25) is 0 Å². The highest BCUT2D eigenvalue weighted by molar-refractivity contribution is 5.77. The Balaban J connectivity index is 1.15. The van der Waals surface area contributed by atoms with E-state index in [1.165, 1.54) is 0 Å². The lowest BCUT2D eigenvalue weighted by Gasteiger charge is -2.29. The van der Waals surface area contributed by atoms with Crippen LogP contribution in [-0.2, 0) is 16.1 Å². The number of amides is 1. The van der Waals surface area contributed by atoms with Gasteiger partial charge in [0.15, 0.2) is 6.61 Å². The summed E-state index contributed by atoms with van der Waals surface area (Å²) in [5, 5.41) is 3.07. The van der Waals surface area contributed by atoms with Gasteiger partial charge >= 0.3 is 0 Å². The average Bonchev–Trinajstić information content (AvgIpc) is 3.47. The summed E-state index contributed by atoms with van der Waals surface area (Å²) in [4.78, 5) is 22.2. The van der Waals surface area contributed by atoms with E-state index in [4.69, 9.17) is 9.47 Å². The molecule has 3 aliphatic rings. The smallest absolute Gasteiger partial charge is 0.257 e. The van der Waals surface area contributed by atoms with Gasteiger partial charge in [0, 0.05) is 43.9 Å². The second-order valence-electron chi connectivity index (χ2n) is 8.14. The van der Waals surface area contributed by atoms with E-state index in [-0.39, 0.29) is 24.2 Å². The molecule has 5 rings (SSSR count). The number of fused-ring (bicyclic) bond motifs is 1. The third-order valence-electron chi connectivity index (χ3n) is 6.43. The van der Waals surface area contributed by atoms with E-state index < -0.39 is 0 Å². The number of benzene rings is 1. The molecule has 3 fully saturated rings. The topological polar surface area (TPSA) is 79.5 Å². The van der Waals surface area contributed by atoms with Crippen molar-refractivity contribution in [2.45, 2.75) is 31.1 Å². The predicted octanol–water partition coefficient (Wildman–Crippen LogP) is 1.58. The Morgan fingerprint density at radius 1 is 1.39 bits per heavy atom. The molecular weight excluding hydrogens is 356 g/mol. The van der Waals surface area contributed by atoms with Crippen LogP contribution in [0.3, 0.4) is 0 Å². The molecule has 3 saturated heterocycles. The third kappa shape index (κ3) is 3.29. The fraction of sp³-hybridized carbons (Fsp3) is 0.524. The minimum Gasteiger partial charge on any atom is -0.484 e. The van der Waals surface area contributed by atoms with Gasteiger partial charge in [-0.2, -0.15) is 0 Å². The molecule has 148 valence electrons. The molecule has 3 aliphatic heterocycles. The molecule has 28 heavy (non-hydrogen) atoms. The van der Waals surface area contributed by atoms with Crippen molar-refractivity contribution in [2.24, 2.45) is 11.8 Å². The van der Waals surface area contributed by atoms with E-state index in [0.717, 1.165) is 38.3 Å². The van der Waals surface area contributed by atoms with Crippen LogP contribution in [0.5, 0.6) is 5.75 Å². The van der Waals surface area contributed by atoms with Gasteiger partial charge in [-0.05, 0) is 25.0 Å². The van der Waals surface area contributed by atoms with Crippen LogP contribution in [0.1, 0.15) is 18.7 Å². The lowest BCUT2D eigenvalue weighted by molar-refractivity contribution is -0.123. The summed E-state index contributed by atoms with van der Waals surface area (Å²) in [6, 6.07) is 9.43. The van der Waals surface area contributed by atoms with Gasteiger partial charge in [-0.15, -0.1) is 0 Å². The molecule has 0 saturated carbocycles. The summed E-state index contributed by atoms with van der Waals surface area (Å²) >= 11 is 0. The normalized spacial score (nSPS) is 31.1. The fourth-order valence-electron chi connectivity index (χ4n) is 5.22. The Kier molecular flexibility index (Phi) is 4.56. The predicted molar refractivity (Wildman–Crippen MR) is 103 cm³/mol. The Morgan fingerprint density at radius 3 is 3.11 bits per heavy atom. The number of aromatic nitrogens is 2. The second-order valence-corrected chi connectivity index (χ2v) is 8.14. The number of likely N-dealkylation sites (tertiary alicyclic amines) is 1. The Labute approximate surface area is 164 Å². The lowest BCUT2D eigenvalue weighted by atomic mass is 9.73. The molecule has 0 radical (unpaired) electrons. The van der Waals surface area contributed by atoms with E-state index in [9.17, 15) is 4.79 Å². The minimum atomic E-state index is -0.0777. The molecule has 2 N–H and O–H groups in total. The fourth-order valence-corrected chi connectivity index (χ4v) is 5.22. The van der Waals surface area contributed by atoms with Crippen molar-refractivity contribution in [1.82, 2.24) is 20.2 Å². The maximum atomic E-state index is 12.2. The summed E-state index contributed by atoms with van der Waals surface area (Å²) in [5.41, 5.74) is -0.0345. The van der Waals surface area contributed by atoms with Crippen molar-refractivity contribution in [1.29, 1.82) is 0 Å². The van der Waals surface area contributed by atoms with Crippen LogP contribution in [0.2, 0.25) is 0 Å². The average molecular weight is 382 g/mol. The summed E-state index contributed by atoms with van der Waals surface area (Å²) < 4.78 is 12.0. The highest BCUT2D eigenvalue weighted by Gasteiger charge is 2.62. The molecule has 1 aromatic heterocycles. The Morgan fingerprint density at radius 2 is 2.29 bits per heavy atom. The standard InChI is InChI=1S/C21H26N4O3/c26-20(13-27-15-4-2-1-3-5-15)24-10-16-17-11-25(12-19-22-8-9-23-19)14-21(17)7-6-18(16)28-21/h1-5,8-9,16-18H,6-7,10-14H2,(H,22,23)(H,24,26)/t16-,17+,18+,21+/m0/s1. The first-order chi connectivity index (χ1) is 13.7. The van der Waals surface area contributed by atoms with E-state index in [2.05, 4.69) is 20.2 Å². The van der Waals surface area contributed by atoms with Crippen LogP contribution < -0.4 is 10.1 Å². The van der Waals surface area contributed by atoms with Crippen LogP contribution in [0, 0.1) is 11.8 Å². The molecule has 4 heterocycles. The second kappa shape index (κ2) is 7.22. The number of nitrogens with one attached hydrogen (secondary N) is 2. The van der Waals surface area contributed by atoms with E-state index in [1.807, 2.05) is 36.5 Å². The van der Waals surface area contributed by atoms with Crippen molar-refractivity contribution < 1.29 is 14.3 Å². The number of hydrogen-bond donors (Lipinski definition) is 2. The SMILES string of the molecule is O=C(COc1ccccc1)NC[C@H]1[C@H]2CN(Cc3ncc[nH]3)C[C@]23CC[C@H]1O3. The molecule has 0 unspecified atom stereocenters. The van der Waals surface area contributed by atoms with Crippen molar-refractivity contribution in [3.8, 4) is 5.75 Å². The Hall–Kier alpha value is -2.38. The maximum Gasteiger partial charge on any atom is 0.257 e. The highest BCUT2D eigenvalue weighted by atomic mass is 16.5. The summed E-state index contributed by atoms with van der Waals surface area (Å²) in [6.45, 7) is 3.48. The van der Waals surface area contributed by atoms with E-state index >= 15 is 0 Å². The summed E-state index contributed by atoms with van der Waals surface area (Å²) in [6.07, 6.45) is 6.14. The van der Waals surface area contributed by atoms with Gasteiger partial charge in [-0.3, -0.25) is 9.69 Å². The molecular formula is C21H26N4O3. The molecule has 1 aromatic carbocycles. The van der Waals surface area contributed by atoms with Gasteiger partial charge in [-0.1, -0.05) is 18.2 Å². The van der Waals surface area contributed by atoms with Gasteiger partial charge in [0.05, 0.1) is 18.2 Å². The summed E-state index contributed by atoms with van der Waals surface area (Å²) in [7, 11) is 0. The third-order valence-corrected chi connectivity index (χ3v) is 6.43. The van der Waals surface area contributed by atoms with Gasteiger partial charge in [0.1, 0.15) is 11.6 Å². The van der Waals surface area contributed by atoms with Gasteiger partial charge in [-0.25, -0.2) is 4.98 Å². The number of H-pyrrole nitrogens is 1. The molecule has 2 aromatic rings. The lowest BCUT2D eigenvalue weighted by Crippen LogP contribution is -2.42. The van der Waals surface area contributed by atoms with Crippen molar-refractivity contribution in [3.05, 3.63) is 48.5 Å². The van der Waals surface area contributed by atoms with Crippen LogP contribution >= 0.6 is 0 Å². The number of imidazole rings is 1. The van der Waals surface area contributed by atoms with Crippen molar-refractivity contribution >= 4 is 5.91 Å². The molecule has 2 bridgehead atoms. The number of aromatic amines is 1. The largest absolute Gasteiger partial charge is 0.484 e. The highest BCUT2D eigenvalue weighted by Crippen LogP contribution is 2.54. The number of hydrogen-bond acceptors (Lipinski definition) is 5. The van der Waals surface area contributed by atoms with Crippen LogP contribution in [0.15, 0.2) is 42.7 Å². The molecule has 7 heteroatoms. The first-order valence-electron chi connectivity index (χ1n) is 10.0. The van der Waals surface area contributed by atoms with Crippen molar-refractivity contribution in [2.75, 3.05) is 26.2 Å². The monoisotopic (exact) mass is 382 g/mol.